The predicted octanol–water partition coefficient (Wildman–Crippen LogP) is 2.62. The second kappa shape index (κ2) is 8.30. The minimum absolute atomic E-state index is 0.0459. The Labute approximate surface area is 123 Å². The van der Waals surface area contributed by atoms with Gasteiger partial charge in [0.2, 0.25) is 5.91 Å². The van der Waals surface area contributed by atoms with Crippen LogP contribution in [-0.4, -0.2) is 31.1 Å². The van der Waals surface area contributed by atoms with Gasteiger partial charge in [-0.3, -0.25) is 4.79 Å². The van der Waals surface area contributed by atoms with Crippen molar-refractivity contribution in [3.63, 3.8) is 0 Å². The van der Waals surface area contributed by atoms with Crippen molar-refractivity contribution in [1.82, 2.24) is 0 Å². The molecule has 0 aliphatic rings. The van der Waals surface area contributed by atoms with E-state index in [-0.39, 0.29) is 5.91 Å². The van der Waals surface area contributed by atoms with Gasteiger partial charge in [-0.05, 0) is 36.4 Å². The number of halogens is 1. The van der Waals surface area contributed by atoms with Crippen LogP contribution in [0.5, 0.6) is 5.75 Å². The van der Waals surface area contributed by atoms with Gasteiger partial charge >= 0.3 is 0 Å². The summed E-state index contributed by atoms with van der Waals surface area (Å²) >= 11 is 7.56. The first-order valence-electron chi connectivity index (χ1n) is 5.98. The molecule has 106 valence electrons. The Bertz CT molecular complexity index is 429. The zero-order valence-corrected chi connectivity index (χ0v) is 12.7. The average molecular weight is 303 g/mol. The Balaban J connectivity index is 2.42. The van der Waals surface area contributed by atoms with Crippen LogP contribution in [0.25, 0.3) is 0 Å². The van der Waals surface area contributed by atoms with Crippen molar-refractivity contribution in [3.05, 3.63) is 23.2 Å². The molecule has 1 atom stereocenters. The third kappa shape index (κ3) is 5.72. The van der Waals surface area contributed by atoms with Crippen molar-refractivity contribution in [3.8, 4) is 5.75 Å². The monoisotopic (exact) mass is 302 g/mol. The van der Waals surface area contributed by atoms with E-state index in [4.69, 9.17) is 22.1 Å². The fourth-order valence-electron chi connectivity index (χ4n) is 1.36. The number of thioether (sulfide) groups is 1. The molecule has 0 saturated heterocycles. The van der Waals surface area contributed by atoms with Crippen LogP contribution in [-0.2, 0) is 4.79 Å². The molecule has 19 heavy (non-hydrogen) atoms. The highest BCUT2D eigenvalue weighted by atomic mass is 35.5. The van der Waals surface area contributed by atoms with E-state index < -0.39 is 0 Å². The molecular weight excluding hydrogens is 284 g/mol. The molecule has 0 saturated carbocycles. The quantitative estimate of drug-likeness (QED) is 0.812. The number of anilines is 1. The summed E-state index contributed by atoms with van der Waals surface area (Å²) in [4.78, 5) is 11.7. The molecule has 0 aliphatic heterocycles. The number of carbonyl (C=O) groups excluding carboxylic acids is 1. The lowest BCUT2D eigenvalue weighted by Gasteiger charge is -2.09. The molecule has 1 rings (SSSR count). The van der Waals surface area contributed by atoms with Gasteiger partial charge in [0.15, 0.2) is 0 Å². The largest absolute Gasteiger partial charge is 0.495 e. The highest BCUT2D eigenvalue weighted by Gasteiger charge is 2.07. The lowest BCUT2D eigenvalue weighted by Crippen LogP contribution is -2.17. The standard InChI is InChI=1S/C13H19ClN2O2S/c1-9(6-15)7-19-8-13(17)16-10-3-4-12(18-2)11(14)5-10/h3-5,9H,6-8,15H2,1-2H3,(H,16,17). The molecule has 0 heterocycles. The number of ether oxygens (including phenoxy) is 1. The van der Waals surface area contributed by atoms with Gasteiger partial charge in [0.25, 0.3) is 0 Å². The first kappa shape index (κ1) is 16.1. The van der Waals surface area contributed by atoms with Gasteiger partial charge < -0.3 is 15.8 Å². The SMILES string of the molecule is COc1ccc(NC(=O)CSCC(C)CN)cc1Cl. The van der Waals surface area contributed by atoms with Crippen LogP contribution in [0.2, 0.25) is 5.02 Å². The first-order chi connectivity index (χ1) is 9.06. The van der Waals surface area contributed by atoms with Crippen molar-refractivity contribution < 1.29 is 9.53 Å². The van der Waals surface area contributed by atoms with Crippen LogP contribution >= 0.6 is 23.4 Å². The van der Waals surface area contributed by atoms with Gasteiger partial charge in [0.05, 0.1) is 17.9 Å². The van der Waals surface area contributed by atoms with E-state index >= 15 is 0 Å². The molecule has 0 fully saturated rings. The summed E-state index contributed by atoms with van der Waals surface area (Å²) in [5.74, 6) is 2.26. The van der Waals surface area contributed by atoms with E-state index in [0.717, 1.165) is 5.75 Å². The Morgan fingerprint density at radius 3 is 2.89 bits per heavy atom. The highest BCUT2D eigenvalue weighted by molar-refractivity contribution is 7.99. The second-order valence-corrected chi connectivity index (χ2v) is 5.69. The van der Waals surface area contributed by atoms with E-state index in [2.05, 4.69) is 12.2 Å². The molecule has 4 nitrogen and oxygen atoms in total. The van der Waals surface area contributed by atoms with Crippen molar-refractivity contribution in [2.45, 2.75) is 6.92 Å². The van der Waals surface area contributed by atoms with Crippen LogP contribution in [0.3, 0.4) is 0 Å². The number of nitrogens with two attached hydrogens (primary N) is 1. The van der Waals surface area contributed by atoms with Gasteiger partial charge in [-0.1, -0.05) is 18.5 Å². The Hall–Kier alpha value is -0.910. The van der Waals surface area contributed by atoms with Crippen LogP contribution in [0.1, 0.15) is 6.92 Å². The zero-order chi connectivity index (χ0) is 14.3. The fraction of sp³-hybridized carbons (Fsp3) is 0.462. The third-order valence-corrected chi connectivity index (χ3v) is 4.04. The topological polar surface area (TPSA) is 64.3 Å². The second-order valence-electron chi connectivity index (χ2n) is 4.25. The lowest BCUT2D eigenvalue weighted by molar-refractivity contribution is -0.113. The molecule has 1 amide bonds. The zero-order valence-electron chi connectivity index (χ0n) is 11.1. The van der Waals surface area contributed by atoms with E-state index in [1.807, 2.05) is 0 Å². The molecule has 3 N–H and O–H groups in total. The van der Waals surface area contributed by atoms with Crippen molar-refractivity contribution in [2.75, 3.05) is 30.5 Å². The van der Waals surface area contributed by atoms with E-state index in [1.165, 1.54) is 0 Å². The maximum Gasteiger partial charge on any atom is 0.234 e. The summed E-state index contributed by atoms with van der Waals surface area (Å²) in [7, 11) is 1.55. The van der Waals surface area contributed by atoms with Gasteiger partial charge in [0, 0.05) is 5.69 Å². The highest BCUT2D eigenvalue weighted by Crippen LogP contribution is 2.27. The van der Waals surface area contributed by atoms with Crippen molar-refractivity contribution >= 4 is 35.0 Å². The van der Waals surface area contributed by atoms with Crippen LogP contribution in [0, 0.1) is 5.92 Å². The Morgan fingerprint density at radius 2 is 2.32 bits per heavy atom. The van der Waals surface area contributed by atoms with Gasteiger partial charge in [0.1, 0.15) is 5.75 Å². The molecule has 1 aromatic rings. The summed E-state index contributed by atoms with van der Waals surface area (Å²) < 4.78 is 5.05. The molecule has 0 aliphatic carbocycles. The maximum atomic E-state index is 11.7. The summed E-state index contributed by atoms with van der Waals surface area (Å²) in [5.41, 5.74) is 6.19. The van der Waals surface area contributed by atoms with E-state index in [1.54, 1.807) is 37.1 Å². The molecule has 0 spiro atoms. The number of rotatable bonds is 7. The van der Waals surface area contributed by atoms with E-state index in [9.17, 15) is 4.79 Å². The number of benzene rings is 1. The van der Waals surface area contributed by atoms with Gasteiger partial charge in [-0.25, -0.2) is 0 Å². The van der Waals surface area contributed by atoms with E-state index in [0.29, 0.717) is 34.7 Å². The summed E-state index contributed by atoms with van der Waals surface area (Å²) in [6, 6.07) is 5.16. The normalized spacial score (nSPS) is 12.0. The van der Waals surface area contributed by atoms with Crippen molar-refractivity contribution in [2.24, 2.45) is 11.7 Å². The van der Waals surface area contributed by atoms with Crippen LogP contribution < -0.4 is 15.8 Å². The molecule has 0 radical (unpaired) electrons. The molecular formula is C13H19ClN2O2S. The van der Waals surface area contributed by atoms with Crippen LogP contribution in [0.15, 0.2) is 18.2 Å². The van der Waals surface area contributed by atoms with Gasteiger partial charge in [-0.15, -0.1) is 0 Å². The number of carbonyl (C=O) groups is 1. The maximum absolute atomic E-state index is 11.7. The Kier molecular flexibility index (Phi) is 7.05. The summed E-state index contributed by atoms with van der Waals surface area (Å²) in [6.07, 6.45) is 0. The average Bonchev–Trinajstić information content (AvgIpc) is 2.38. The van der Waals surface area contributed by atoms with Crippen molar-refractivity contribution in [1.29, 1.82) is 0 Å². The molecule has 1 unspecified atom stereocenters. The predicted molar refractivity (Wildman–Crippen MR) is 82.2 cm³/mol. The number of hydrogen-bond donors (Lipinski definition) is 2. The molecule has 0 aromatic heterocycles. The number of hydrogen-bond acceptors (Lipinski definition) is 4. The minimum atomic E-state index is -0.0459. The molecule has 1 aromatic carbocycles. The first-order valence-corrected chi connectivity index (χ1v) is 7.51. The molecule has 6 heteroatoms. The number of amides is 1. The smallest absolute Gasteiger partial charge is 0.234 e. The number of nitrogens with one attached hydrogen (secondary N) is 1. The van der Waals surface area contributed by atoms with Crippen LogP contribution in [0.4, 0.5) is 5.69 Å². The number of methoxy groups -OCH3 is 1. The summed E-state index contributed by atoms with van der Waals surface area (Å²) in [6.45, 7) is 2.71. The van der Waals surface area contributed by atoms with Gasteiger partial charge in [-0.2, -0.15) is 11.8 Å². The minimum Gasteiger partial charge on any atom is -0.495 e. The molecule has 0 bridgehead atoms. The fourth-order valence-corrected chi connectivity index (χ4v) is 2.53. The lowest BCUT2D eigenvalue weighted by atomic mass is 10.2. The third-order valence-electron chi connectivity index (χ3n) is 2.47. The summed E-state index contributed by atoms with van der Waals surface area (Å²) in [5, 5.41) is 3.27. The Morgan fingerprint density at radius 1 is 1.58 bits per heavy atom.